The fraction of sp³-hybridized carbons (Fsp3) is 0.0345. The van der Waals surface area contributed by atoms with Crippen LogP contribution in [0.2, 0.25) is 0 Å². The van der Waals surface area contributed by atoms with Crippen molar-refractivity contribution in [3.63, 3.8) is 0 Å². The normalized spacial score (nSPS) is 10.5. The zero-order valence-electron chi connectivity index (χ0n) is 19.8. The summed E-state index contributed by atoms with van der Waals surface area (Å²) in [6, 6.07) is 28.4. The Morgan fingerprint density at radius 2 is 1.49 bits per heavy atom. The second-order valence-electron chi connectivity index (χ2n) is 7.99. The molecule has 8 heteroatoms. The van der Waals surface area contributed by atoms with Gasteiger partial charge in [-0.25, -0.2) is 9.97 Å². The number of oxazole rings is 1. The Kier molecular flexibility index (Phi) is 6.72. The number of aromatic nitrogens is 2. The summed E-state index contributed by atoms with van der Waals surface area (Å²) in [5.41, 5.74) is 2.58. The summed E-state index contributed by atoms with van der Waals surface area (Å²) in [5.74, 6) is 0.998. The van der Waals surface area contributed by atoms with Crippen molar-refractivity contribution in [1.82, 2.24) is 9.97 Å². The maximum Gasteiger partial charge on any atom is 0.279 e. The average Bonchev–Trinajstić information content (AvgIpc) is 3.40. The first-order valence-electron chi connectivity index (χ1n) is 11.4. The number of hydrogen-bond donors (Lipinski definition) is 2. The summed E-state index contributed by atoms with van der Waals surface area (Å²) in [6.45, 7) is 0. The highest BCUT2D eigenvalue weighted by Crippen LogP contribution is 2.31. The molecule has 0 aliphatic carbocycles. The molecule has 0 atom stereocenters. The minimum Gasteiger partial charge on any atom is -0.497 e. The summed E-state index contributed by atoms with van der Waals surface area (Å²) in [6.07, 6.45) is 1.59. The quantitative estimate of drug-likeness (QED) is 0.293. The van der Waals surface area contributed by atoms with Crippen molar-refractivity contribution < 1.29 is 18.7 Å². The summed E-state index contributed by atoms with van der Waals surface area (Å²) < 4.78 is 11.2. The molecule has 8 nitrogen and oxygen atoms in total. The number of nitrogens with zero attached hydrogens (tertiary/aromatic N) is 2. The number of carbonyl (C=O) groups excluding carboxylic acids is 2. The first-order chi connectivity index (χ1) is 18.1. The Morgan fingerprint density at radius 3 is 2.16 bits per heavy atom. The van der Waals surface area contributed by atoms with Gasteiger partial charge in [0.1, 0.15) is 11.6 Å². The first kappa shape index (κ1) is 23.5. The SMILES string of the molecule is COc1ccc(C(=O)Nc2ccc(-c3oc(-c4ccccc4)nc3C(=O)Nc3ccccn3)cc2)cc1. The van der Waals surface area contributed by atoms with Gasteiger partial charge in [0.2, 0.25) is 5.89 Å². The lowest BCUT2D eigenvalue weighted by Gasteiger charge is -2.07. The van der Waals surface area contributed by atoms with E-state index in [-0.39, 0.29) is 11.6 Å². The fourth-order valence-electron chi connectivity index (χ4n) is 3.64. The van der Waals surface area contributed by atoms with E-state index in [2.05, 4.69) is 20.6 Å². The summed E-state index contributed by atoms with van der Waals surface area (Å²) in [4.78, 5) is 34.4. The van der Waals surface area contributed by atoms with Gasteiger partial charge in [-0.3, -0.25) is 9.59 Å². The Hall–Kier alpha value is -5.24. The predicted molar refractivity (Wildman–Crippen MR) is 141 cm³/mol. The van der Waals surface area contributed by atoms with E-state index in [0.29, 0.717) is 40.0 Å². The summed E-state index contributed by atoms with van der Waals surface area (Å²) in [5, 5.41) is 5.62. The van der Waals surface area contributed by atoms with Gasteiger partial charge in [-0.15, -0.1) is 0 Å². The third-order valence-corrected chi connectivity index (χ3v) is 5.53. The van der Waals surface area contributed by atoms with Crippen LogP contribution >= 0.6 is 0 Å². The second kappa shape index (κ2) is 10.6. The molecule has 0 spiro atoms. The van der Waals surface area contributed by atoms with Crippen LogP contribution in [0.5, 0.6) is 5.75 Å². The van der Waals surface area contributed by atoms with Crippen LogP contribution in [0, 0.1) is 0 Å². The number of amides is 2. The zero-order chi connectivity index (χ0) is 25.6. The number of benzene rings is 3. The van der Waals surface area contributed by atoms with Gasteiger partial charge < -0.3 is 19.8 Å². The molecule has 0 saturated carbocycles. The highest BCUT2D eigenvalue weighted by atomic mass is 16.5. The number of methoxy groups -OCH3 is 1. The van der Waals surface area contributed by atoms with Gasteiger partial charge in [-0.05, 0) is 72.8 Å². The number of pyridine rings is 1. The predicted octanol–water partition coefficient (Wildman–Crippen LogP) is 5.92. The molecule has 2 heterocycles. The van der Waals surface area contributed by atoms with E-state index < -0.39 is 5.91 Å². The molecule has 0 saturated heterocycles. The molecule has 0 aliphatic rings. The van der Waals surface area contributed by atoms with Crippen LogP contribution in [0.4, 0.5) is 11.5 Å². The highest BCUT2D eigenvalue weighted by Gasteiger charge is 2.23. The van der Waals surface area contributed by atoms with E-state index in [1.54, 1.807) is 80.0 Å². The number of ether oxygens (including phenoxy) is 1. The minimum atomic E-state index is -0.448. The largest absolute Gasteiger partial charge is 0.497 e. The number of anilines is 2. The van der Waals surface area contributed by atoms with Gasteiger partial charge in [0.25, 0.3) is 11.8 Å². The lowest BCUT2D eigenvalue weighted by Crippen LogP contribution is -2.14. The number of rotatable bonds is 7. The van der Waals surface area contributed by atoms with E-state index in [4.69, 9.17) is 9.15 Å². The monoisotopic (exact) mass is 490 g/mol. The van der Waals surface area contributed by atoms with Crippen molar-refractivity contribution in [2.24, 2.45) is 0 Å². The van der Waals surface area contributed by atoms with Gasteiger partial charge in [-0.2, -0.15) is 0 Å². The molecule has 5 rings (SSSR count). The molecular weight excluding hydrogens is 468 g/mol. The Balaban J connectivity index is 1.42. The van der Waals surface area contributed by atoms with Crippen LogP contribution < -0.4 is 15.4 Å². The van der Waals surface area contributed by atoms with Crippen molar-refractivity contribution in [1.29, 1.82) is 0 Å². The van der Waals surface area contributed by atoms with E-state index in [1.807, 2.05) is 30.3 Å². The standard InChI is InChI=1S/C29H22N4O4/c1-36-23-16-12-20(13-17-23)27(34)31-22-14-10-19(11-15-22)26-25(28(35)32-24-9-5-6-18-30-24)33-29(37-26)21-7-3-2-4-8-21/h2-18H,1H3,(H,31,34)(H,30,32,35). The first-order valence-corrected chi connectivity index (χ1v) is 11.4. The van der Waals surface area contributed by atoms with Crippen LogP contribution in [0.3, 0.4) is 0 Å². The molecule has 0 bridgehead atoms. The van der Waals surface area contributed by atoms with E-state index in [9.17, 15) is 9.59 Å². The van der Waals surface area contributed by atoms with Crippen LogP contribution in [-0.4, -0.2) is 28.9 Å². The topological polar surface area (TPSA) is 106 Å². The molecule has 37 heavy (non-hydrogen) atoms. The summed E-state index contributed by atoms with van der Waals surface area (Å²) >= 11 is 0. The Morgan fingerprint density at radius 1 is 0.757 bits per heavy atom. The van der Waals surface area contributed by atoms with Crippen LogP contribution in [-0.2, 0) is 0 Å². The van der Waals surface area contributed by atoms with E-state index >= 15 is 0 Å². The highest BCUT2D eigenvalue weighted by molar-refractivity contribution is 6.07. The van der Waals surface area contributed by atoms with Crippen LogP contribution in [0.25, 0.3) is 22.8 Å². The second-order valence-corrected chi connectivity index (χ2v) is 7.99. The minimum absolute atomic E-state index is 0.125. The molecule has 0 fully saturated rings. The van der Waals surface area contributed by atoms with E-state index in [1.165, 1.54) is 0 Å². The average molecular weight is 491 g/mol. The van der Waals surface area contributed by atoms with Crippen molar-refractivity contribution in [2.75, 3.05) is 17.7 Å². The lowest BCUT2D eigenvalue weighted by atomic mass is 10.1. The molecule has 0 unspecified atom stereocenters. The lowest BCUT2D eigenvalue weighted by molar-refractivity contribution is 0.101. The molecule has 2 N–H and O–H groups in total. The maximum absolute atomic E-state index is 13.1. The van der Waals surface area contributed by atoms with Crippen molar-refractivity contribution in [3.05, 3.63) is 115 Å². The number of carbonyl (C=O) groups is 2. The van der Waals surface area contributed by atoms with Gasteiger partial charge in [0.05, 0.1) is 7.11 Å². The van der Waals surface area contributed by atoms with Gasteiger partial charge in [0.15, 0.2) is 11.5 Å². The van der Waals surface area contributed by atoms with Crippen molar-refractivity contribution >= 4 is 23.3 Å². The molecule has 5 aromatic rings. The smallest absolute Gasteiger partial charge is 0.279 e. The molecule has 3 aromatic carbocycles. The molecule has 182 valence electrons. The molecule has 0 radical (unpaired) electrons. The number of nitrogens with one attached hydrogen (secondary N) is 2. The molecule has 2 amide bonds. The van der Waals surface area contributed by atoms with Gasteiger partial charge >= 0.3 is 0 Å². The molecular formula is C29H22N4O4. The molecule has 2 aromatic heterocycles. The van der Waals surface area contributed by atoms with Crippen LogP contribution in [0.15, 0.2) is 108 Å². The van der Waals surface area contributed by atoms with Crippen molar-refractivity contribution in [3.8, 4) is 28.5 Å². The summed E-state index contributed by atoms with van der Waals surface area (Å²) in [7, 11) is 1.57. The zero-order valence-corrected chi connectivity index (χ0v) is 19.8. The Bertz CT molecular complexity index is 1510. The van der Waals surface area contributed by atoms with Crippen LogP contribution in [0.1, 0.15) is 20.8 Å². The van der Waals surface area contributed by atoms with Gasteiger partial charge in [-0.1, -0.05) is 24.3 Å². The third kappa shape index (κ3) is 5.38. The fourth-order valence-corrected chi connectivity index (χ4v) is 3.64. The van der Waals surface area contributed by atoms with Crippen molar-refractivity contribution in [2.45, 2.75) is 0 Å². The van der Waals surface area contributed by atoms with Gasteiger partial charge in [0, 0.05) is 28.6 Å². The molecule has 0 aliphatic heterocycles. The van der Waals surface area contributed by atoms with E-state index in [0.717, 1.165) is 5.56 Å². The number of hydrogen-bond acceptors (Lipinski definition) is 6. The third-order valence-electron chi connectivity index (χ3n) is 5.53. The maximum atomic E-state index is 13.1. The Labute approximate surface area is 213 Å².